The molecule has 2 aliphatic heterocycles. The third-order valence-corrected chi connectivity index (χ3v) is 4.47. The van der Waals surface area contributed by atoms with Gasteiger partial charge in [0.1, 0.15) is 18.0 Å². The van der Waals surface area contributed by atoms with Gasteiger partial charge in [0.25, 0.3) is 0 Å². The first-order valence-electron chi connectivity index (χ1n) is 10.4. The van der Waals surface area contributed by atoms with Gasteiger partial charge in [0.2, 0.25) is 0 Å². The van der Waals surface area contributed by atoms with E-state index in [2.05, 4.69) is 0 Å². The van der Waals surface area contributed by atoms with Crippen molar-refractivity contribution in [3.05, 3.63) is 29.8 Å². The van der Waals surface area contributed by atoms with E-state index in [0.29, 0.717) is 6.61 Å². The summed E-state index contributed by atoms with van der Waals surface area (Å²) in [6.07, 6.45) is -2.39. The van der Waals surface area contributed by atoms with Crippen LogP contribution in [0.25, 0.3) is 0 Å². The highest BCUT2D eigenvalue weighted by Gasteiger charge is 2.48. The molecule has 6 nitrogen and oxygen atoms in total. The maximum absolute atomic E-state index is 10.6. The first kappa shape index (κ1) is 27.8. The van der Waals surface area contributed by atoms with Gasteiger partial charge in [-0.05, 0) is 26.0 Å². The molecule has 2 aliphatic rings. The highest BCUT2D eigenvalue weighted by Crippen LogP contribution is 2.37. The molecule has 6 unspecified atom stereocenters. The summed E-state index contributed by atoms with van der Waals surface area (Å²) in [7, 11) is 1.62. The molecule has 0 radical (unpaired) electrons. The monoisotopic (exact) mass is 414 g/mol. The Morgan fingerprint density at radius 1 is 1.03 bits per heavy atom. The quantitative estimate of drug-likeness (QED) is 0.752. The summed E-state index contributed by atoms with van der Waals surface area (Å²) in [4.78, 5) is 0. The summed E-state index contributed by atoms with van der Waals surface area (Å²) in [6, 6.07) is 7.51. The van der Waals surface area contributed by atoms with Crippen LogP contribution in [0.5, 0.6) is 5.75 Å². The van der Waals surface area contributed by atoms with Crippen molar-refractivity contribution in [3.8, 4) is 5.75 Å². The maximum Gasteiger partial charge on any atom is 0.184 e. The molecule has 1 aromatic rings. The van der Waals surface area contributed by atoms with Gasteiger partial charge in [0.05, 0.1) is 25.9 Å². The number of aliphatic hydroxyl groups is 1. The SMILES string of the molecule is C.CC.CC.COc1ccc(C2OCC3OC(OC(C)C)C(C)C(O)C3O2)cc1. The molecule has 0 saturated carbocycles. The van der Waals surface area contributed by atoms with Crippen LogP contribution in [0.3, 0.4) is 0 Å². The molecule has 29 heavy (non-hydrogen) atoms. The lowest BCUT2D eigenvalue weighted by molar-refractivity contribution is -0.355. The summed E-state index contributed by atoms with van der Waals surface area (Å²) in [5.41, 5.74) is 0.884. The van der Waals surface area contributed by atoms with Crippen LogP contribution in [0.2, 0.25) is 0 Å². The zero-order chi connectivity index (χ0) is 21.3. The number of fused-ring (bicyclic) bond motifs is 1. The van der Waals surface area contributed by atoms with Crippen molar-refractivity contribution in [3.63, 3.8) is 0 Å². The van der Waals surface area contributed by atoms with Crippen molar-refractivity contribution in [1.29, 1.82) is 0 Å². The van der Waals surface area contributed by atoms with Gasteiger partial charge in [-0.2, -0.15) is 0 Å². The second-order valence-electron chi connectivity index (χ2n) is 6.62. The number of ether oxygens (including phenoxy) is 5. The van der Waals surface area contributed by atoms with E-state index in [-0.39, 0.29) is 25.6 Å². The number of hydrogen-bond acceptors (Lipinski definition) is 6. The second-order valence-corrected chi connectivity index (χ2v) is 6.62. The molecule has 6 heteroatoms. The van der Waals surface area contributed by atoms with E-state index in [1.165, 1.54) is 0 Å². The molecule has 2 fully saturated rings. The van der Waals surface area contributed by atoms with Gasteiger partial charge in [-0.3, -0.25) is 0 Å². The molecule has 0 amide bonds. The van der Waals surface area contributed by atoms with Crippen LogP contribution in [0, 0.1) is 5.92 Å². The van der Waals surface area contributed by atoms with E-state index in [0.717, 1.165) is 11.3 Å². The van der Waals surface area contributed by atoms with E-state index < -0.39 is 24.8 Å². The Kier molecular flexibility index (Phi) is 13.4. The number of benzene rings is 1. The minimum absolute atomic E-state index is 0. The molecular weight excluding hydrogens is 372 g/mol. The second kappa shape index (κ2) is 13.9. The molecule has 6 atom stereocenters. The lowest BCUT2D eigenvalue weighted by Crippen LogP contribution is -2.59. The molecule has 1 N–H and O–H groups in total. The van der Waals surface area contributed by atoms with Crippen LogP contribution >= 0.6 is 0 Å². The van der Waals surface area contributed by atoms with Crippen LogP contribution in [0.1, 0.15) is 67.7 Å². The van der Waals surface area contributed by atoms with Crippen molar-refractivity contribution in [2.45, 2.75) is 92.9 Å². The third-order valence-electron chi connectivity index (χ3n) is 4.47. The fourth-order valence-electron chi connectivity index (χ4n) is 3.08. The van der Waals surface area contributed by atoms with E-state index in [9.17, 15) is 5.11 Å². The van der Waals surface area contributed by atoms with Crippen LogP contribution in [0.4, 0.5) is 0 Å². The third kappa shape index (κ3) is 7.23. The minimum Gasteiger partial charge on any atom is -0.497 e. The van der Waals surface area contributed by atoms with Gasteiger partial charge in [0, 0.05) is 11.5 Å². The topological polar surface area (TPSA) is 66.4 Å². The van der Waals surface area contributed by atoms with Crippen LogP contribution in [-0.2, 0) is 18.9 Å². The molecule has 170 valence electrons. The predicted molar refractivity (Wildman–Crippen MR) is 116 cm³/mol. The predicted octanol–water partition coefficient (Wildman–Crippen LogP) is 4.94. The Balaban J connectivity index is 0.00000148. The smallest absolute Gasteiger partial charge is 0.184 e. The molecule has 3 rings (SSSR count). The van der Waals surface area contributed by atoms with Gasteiger partial charge >= 0.3 is 0 Å². The van der Waals surface area contributed by atoms with Gasteiger partial charge in [-0.1, -0.05) is 54.2 Å². The average molecular weight is 415 g/mol. The zero-order valence-electron chi connectivity index (χ0n) is 18.5. The number of rotatable bonds is 4. The molecular formula is C23H42O6. The Bertz CT molecular complexity index is 531. The van der Waals surface area contributed by atoms with Gasteiger partial charge in [0.15, 0.2) is 12.6 Å². The molecule has 0 aromatic heterocycles. The van der Waals surface area contributed by atoms with Crippen LogP contribution in [-0.4, -0.2) is 49.5 Å². The molecule has 0 aliphatic carbocycles. The van der Waals surface area contributed by atoms with E-state index in [1.807, 2.05) is 72.7 Å². The Morgan fingerprint density at radius 2 is 1.62 bits per heavy atom. The molecule has 0 bridgehead atoms. The maximum atomic E-state index is 10.6. The van der Waals surface area contributed by atoms with Crippen LogP contribution < -0.4 is 4.74 Å². The van der Waals surface area contributed by atoms with E-state index in [4.69, 9.17) is 23.7 Å². The van der Waals surface area contributed by atoms with Crippen molar-refractivity contribution in [1.82, 2.24) is 0 Å². The van der Waals surface area contributed by atoms with E-state index >= 15 is 0 Å². The number of aliphatic hydroxyl groups excluding tert-OH is 1. The van der Waals surface area contributed by atoms with Crippen LogP contribution in [0.15, 0.2) is 24.3 Å². The minimum atomic E-state index is -0.669. The Morgan fingerprint density at radius 3 is 2.14 bits per heavy atom. The van der Waals surface area contributed by atoms with E-state index in [1.54, 1.807) is 7.11 Å². The normalized spacial score (nSPS) is 30.6. The van der Waals surface area contributed by atoms with Gasteiger partial charge < -0.3 is 28.8 Å². The van der Waals surface area contributed by atoms with Crippen molar-refractivity contribution < 1.29 is 28.8 Å². The van der Waals surface area contributed by atoms with Gasteiger partial charge in [-0.25, -0.2) is 0 Å². The van der Waals surface area contributed by atoms with Crippen molar-refractivity contribution in [2.75, 3.05) is 13.7 Å². The summed E-state index contributed by atoms with van der Waals surface area (Å²) in [5.74, 6) is 0.596. The first-order chi connectivity index (χ1) is 13.5. The lowest BCUT2D eigenvalue weighted by atomic mass is 9.91. The fourth-order valence-corrected chi connectivity index (χ4v) is 3.08. The largest absolute Gasteiger partial charge is 0.497 e. The zero-order valence-corrected chi connectivity index (χ0v) is 18.5. The molecule has 2 saturated heterocycles. The molecule has 2 heterocycles. The standard InChI is InChI=1S/C18H26O6.2C2H6.CH4/c1-10(2)22-17-11(3)15(19)16-14(23-17)9-21-18(24-16)12-5-7-13(20-4)8-6-12;2*1-2;/h5-8,10-11,14-19H,9H2,1-4H3;2*1-2H3;1H4. The summed E-state index contributed by atoms with van der Waals surface area (Å²) < 4.78 is 28.6. The summed E-state index contributed by atoms with van der Waals surface area (Å²) in [6.45, 7) is 14.2. The van der Waals surface area contributed by atoms with Crippen molar-refractivity contribution in [2.24, 2.45) is 5.92 Å². The van der Waals surface area contributed by atoms with Gasteiger partial charge in [-0.15, -0.1) is 0 Å². The average Bonchev–Trinajstić information content (AvgIpc) is 2.74. The highest BCUT2D eigenvalue weighted by molar-refractivity contribution is 5.28. The summed E-state index contributed by atoms with van der Waals surface area (Å²) in [5, 5.41) is 10.6. The fraction of sp³-hybridized carbons (Fsp3) is 0.739. The lowest BCUT2D eigenvalue weighted by Gasteiger charge is -2.47. The number of hydrogen-bond donors (Lipinski definition) is 1. The Labute approximate surface area is 177 Å². The van der Waals surface area contributed by atoms with Crippen molar-refractivity contribution >= 4 is 0 Å². The summed E-state index contributed by atoms with van der Waals surface area (Å²) >= 11 is 0. The Hall–Kier alpha value is -1.18. The first-order valence-corrected chi connectivity index (χ1v) is 10.4. The number of methoxy groups -OCH3 is 1. The molecule has 0 spiro atoms. The highest BCUT2D eigenvalue weighted by atomic mass is 16.7. The molecule has 1 aromatic carbocycles.